The van der Waals surface area contributed by atoms with Crippen molar-refractivity contribution in [3.05, 3.63) is 89.8 Å². The number of aromatic nitrogens is 1. The van der Waals surface area contributed by atoms with Gasteiger partial charge in [-0.3, -0.25) is 9.59 Å². The normalized spacial score (nSPS) is 10.5. The average molecular weight is 340 g/mol. The molecule has 6 heteroatoms. The summed E-state index contributed by atoms with van der Waals surface area (Å²) in [5, 5.41) is 2.17. The number of carbonyl (C=O) groups excluding carboxylic acids is 2. The van der Waals surface area contributed by atoms with E-state index in [1.54, 1.807) is 16.8 Å². The van der Waals surface area contributed by atoms with Gasteiger partial charge in [0.15, 0.2) is 0 Å². The van der Waals surface area contributed by atoms with Crippen LogP contribution in [0.2, 0.25) is 0 Å². The van der Waals surface area contributed by atoms with E-state index in [0.29, 0.717) is 12.6 Å². The lowest BCUT2D eigenvalue weighted by Crippen LogP contribution is -2.25. The summed E-state index contributed by atoms with van der Waals surface area (Å²) in [6, 6.07) is 15.3. The van der Waals surface area contributed by atoms with E-state index in [-0.39, 0.29) is 11.4 Å². The van der Waals surface area contributed by atoms with Crippen molar-refractivity contribution in [3.8, 4) is 0 Å². The monoisotopic (exact) mass is 340 g/mol. The number of rotatable bonds is 5. The predicted octanol–water partition coefficient (Wildman–Crippen LogP) is 3.64. The molecule has 4 nitrogen and oxygen atoms in total. The highest BCUT2D eigenvalue weighted by atomic mass is 19.1. The highest BCUT2D eigenvalue weighted by Gasteiger charge is 2.21. The van der Waals surface area contributed by atoms with Crippen molar-refractivity contribution in [3.63, 3.8) is 0 Å². The van der Waals surface area contributed by atoms with Gasteiger partial charge in [-0.15, -0.1) is 0 Å². The molecule has 2 aromatic carbocycles. The second-order valence-electron chi connectivity index (χ2n) is 5.41. The number of carbonyl (C=O) groups is 2. The average Bonchev–Trinajstić information content (AvgIpc) is 3.05. The number of anilines is 1. The molecule has 0 atom stereocenters. The fourth-order valence-corrected chi connectivity index (χ4v) is 2.42. The van der Waals surface area contributed by atoms with Gasteiger partial charge in [0.2, 0.25) is 0 Å². The van der Waals surface area contributed by atoms with Crippen molar-refractivity contribution < 1.29 is 18.4 Å². The molecule has 3 aromatic rings. The molecule has 25 heavy (non-hydrogen) atoms. The van der Waals surface area contributed by atoms with Crippen LogP contribution < -0.4 is 5.32 Å². The number of benzene rings is 2. The molecule has 0 aliphatic heterocycles. The standard InChI is InChI=1S/C19H14F2N2O2/c20-14-8-9-16(15(21)11-14)22-19(25)18(24)17-7-4-10-23(17)12-13-5-2-1-3-6-13/h1-11H,12H2,(H,22,25). The maximum Gasteiger partial charge on any atom is 0.298 e. The summed E-state index contributed by atoms with van der Waals surface area (Å²) in [5.41, 5.74) is 0.905. The fourth-order valence-electron chi connectivity index (χ4n) is 2.42. The number of Topliss-reactive ketones (excluding diaryl/α,β-unsaturated/α-hetero) is 1. The number of ketones is 1. The Hall–Kier alpha value is -3.28. The van der Waals surface area contributed by atoms with E-state index < -0.39 is 23.3 Å². The molecule has 0 radical (unpaired) electrons. The summed E-state index contributed by atoms with van der Waals surface area (Å²) < 4.78 is 28.2. The van der Waals surface area contributed by atoms with E-state index in [1.807, 2.05) is 30.3 Å². The SMILES string of the molecule is O=C(Nc1ccc(F)cc1F)C(=O)c1cccn1Cc1ccccc1. The lowest BCUT2D eigenvalue weighted by Gasteiger charge is -2.09. The van der Waals surface area contributed by atoms with Crippen LogP contribution in [0.4, 0.5) is 14.5 Å². The molecule has 0 spiro atoms. The molecule has 0 aliphatic rings. The molecule has 0 fully saturated rings. The minimum atomic E-state index is -0.987. The van der Waals surface area contributed by atoms with Crippen LogP contribution in [0.1, 0.15) is 16.1 Å². The van der Waals surface area contributed by atoms with Crippen LogP contribution >= 0.6 is 0 Å². The number of hydrogen-bond acceptors (Lipinski definition) is 2. The van der Waals surface area contributed by atoms with Gasteiger partial charge in [0.1, 0.15) is 11.6 Å². The Morgan fingerprint density at radius 1 is 0.960 bits per heavy atom. The number of nitrogens with one attached hydrogen (secondary N) is 1. The van der Waals surface area contributed by atoms with Crippen LogP contribution in [0, 0.1) is 11.6 Å². The first kappa shape index (κ1) is 16.6. The van der Waals surface area contributed by atoms with Gasteiger partial charge >= 0.3 is 0 Å². The summed E-state index contributed by atoms with van der Waals surface area (Å²) in [6.45, 7) is 0.424. The Labute approximate surface area is 142 Å². The van der Waals surface area contributed by atoms with Gasteiger partial charge in [-0.1, -0.05) is 30.3 Å². The summed E-state index contributed by atoms with van der Waals surface area (Å²) in [6.07, 6.45) is 1.69. The lowest BCUT2D eigenvalue weighted by atomic mass is 10.2. The van der Waals surface area contributed by atoms with Crippen LogP contribution in [0.25, 0.3) is 0 Å². The van der Waals surface area contributed by atoms with Crippen LogP contribution in [-0.4, -0.2) is 16.3 Å². The van der Waals surface area contributed by atoms with Gasteiger partial charge in [0, 0.05) is 18.8 Å². The summed E-state index contributed by atoms with van der Waals surface area (Å²) >= 11 is 0. The first-order chi connectivity index (χ1) is 12.0. The fraction of sp³-hybridized carbons (Fsp3) is 0.0526. The Balaban J connectivity index is 1.77. The van der Waals surface area contributed by atoms with E-state index in [0.717, 1.165) is 17.7 Å². The lowest BCUT2D eigenvalue weighted by molar-refractivity contribution is -0.112. The zero-order valence-corrected chi connectivity index (χ0v) is 13.1. The Morgan fingerprint density at radius 2 is 1.72 bits per heavy atom. The van der Waals surface area contributed by atoms with Crippen LogP contribution in [0.5, 0.6) is 0 Å². The smallest absolute Gasteiger partial charge is 0.298 e. The molecule has 1 heterocycles. The number of halogens is 2. The number of nitrogens with zero attached hydrogens (tertiary/aromatic N) is 1. The van der Waals surface area contributed by atoms with Gasteiger partial charge in [0.25, 0.3) is 11.7 Å². The van der Waals surface area contributed by atoms with Crippen molar-refractivity contribution >= 4 is 17.4 Å². The summed E-state index contributed by atoms with van der Waals surface area (Å²) in [7, 11) is 0. The predicted molar refractivity (Wildman–Crippen MR) is 89.3 cm³/mol. The molecule has 1 aromatic heterocycles. The van der Waals surface area contributed by atoms with Gasteiger partial charge in [-0.2, -0.15) is 0 Å². The van der Waals surface area contributed by atoms with Crippen molar-refractivity contribution in [2.45, 2.75) is 6.54 Å². The van der Waals surface area contributed by atoms with Gasteiger partial charge in [-0.25, -0.2) is 8.78 Å². The van der Waals surface area contributed by atoms with E-state index in [4.69, 9.17) is 0 Å². The van der Waals surface area contributed by atoms with E-state index in [2.05, 4.69) is 5.32 Å². The van der Waals surface area contributed by atoms with E-state index >= 15 is 0 Å². The third-order valence-electron chi connectivity index (χ3n) is 3.64. The second kappa shape index (κ2) is 7.09. The van der Waals surface area contributed by atoms with Gasteiger partial charge < -0.3 is 9.88 Å². The molecule has 3 rings (SSSR count). The minimum absolute atomic E-state index is 0.184. The summed E-state index contributed by atoms with van der Waals surface area (Å²) in [5.74, 6) is -3.50. The topological polar surface area (TPSA) is 51.1 Å². The van der Waals surface area contributed by atoms with Crippen molar-refractivity contribution in [2.75, 3.05) is 5.32 Å². The Kier molecular flexibility index (Phi) is 4.70. The molecule has 0 unspecified atom stereocenters. The Bertz CT molecular complexity index is 920. The Morgan fingerprint density at radius 3 is 2.44 bits per heavy atom. The van der Waals surface area contributed by atoms with Gasteiger partial charge in [-0.05, 0) is 29.8 Å². The second-order valence-corrected chi connectivity index (χ2v) is 5.41. The van der Waals surface area contributed by atoms with E-state index in [9.17, 15) is 18.4 Å². The largest absolute Gasteiger partial charge is 0.340 e. The molecular weight excluding hydrogens is 326 g/mol. The molecule has 0 saturated heterocycles. The van der Waals surface area contributed by atoms with Crippen LogP contribution in [-0.2, 0) is 11.3 Å². The molecule has 0 bridgehead atoms. The zero-order chi connectivity index (χ0) is 17.8. The van der Waals surface area contributed by atoms with E-state index in [1.165, 1.54) is 6.07 Å². The van der Waals surface area contributed by atoms with Crippen molar-refractivity contribution in [1.82, 2.24) is 4.57 Å². The highest BCUT2D eigenvalue weighted by molar-refractivity contribution is 6.46. The number of hydrogen-bond donors (Lipinski definition) is 1. The molecular formula is C19H14F2N2O2. The van der Waals surface area contributed by atoms with Crippen molar-refractivity contribution in [2.24, 2.45) is 0 Å². The van der Waals surface area contributed by atoms with Crippen molar-refractivity contribution in [1.29, 1.82) is 0 Å². The third-order valence-corrected chi connectivity index (χ3v) is 3.64. The molecule has 0 saturated carbocycles. The maximum atomic E-state index is 13.6. The molecule has 1 amide bonds. The maximum absolute atomic E-state index is 13.6. The third kappa shape index (κ3) is 3.80. The molecule has 1 N–H and O–H groups in total. The zero-order valence-electron chi connectivity index (χ0n) is 13.1. The number of amides is 1. The quantitative estimate of drug-likeness (QED) is 0.569. The minimum Gasteiger partial charge on any atom is -0.340 e. The first-order valence-corrected chi connectivity index (χ1v) is 7.54. The summed E-state index contributed by atoms with van der Waals surface area (Å²) in [4.78, 5) is 24.5. The van der Waals surface area contributed by atoms with Crippen LogP contribution in [0.15, 0.2) is 66.9 Å². The highest BCUT2D eigenvalue weighted by Crippen LogP contribution is 2.16. The molecule has 126 valence electrons. The van der Waals surface area contributed by atoms with Gasteiger partial charge in [0.05, 0.1) is 11.4 Å². The first-order valence-electron chi connectivity index (χ1n) is 7.54. The van der Waals surface area contributed by atoms with Crippen LogP contribution in [0.3, 0.4) is 0 Å². The molecule has 0 aliphatic carbocycles.